The Morgan fingerprint density at radius 1 is 1.42 bits per heavy atom. The third-order valence-corrected chi connectivity index (χ3v) is 2.63. The Kier molecular flexibility index (Phi) is 4.67. The molecule has 4 nitrogen and oxygen atoms in total. The van der Waals surface area contributed by atoms with E-state index < -0.39 is 23.2 Å². The zero-order chi connectivity index (χ0) is 14.6. The molecule has 102 valence electrons. The van der Waals surface area contributed by atoms with Gasteiger partial charge >= 0.3 is 5.97 Å². The minimum absolute atomic E-state index is 0.0478. The van der Waals surface area contributed by atoms with Crippen molar-refractivity contribution in [2.24, 2.45) is 0 Å². The maximum absolute atomic E-state index is 12.9. The zero-order valence-corrected chi connectivity index (χ0v) is 11.2. The van der Waals surface area contributed by atoms with E-state index in [9.17, 15) is 14.0 Å². The van der Waals surface area contributed by atoms with Crippen LogP contribution in [0.2, 0.25) is 5.02 Å². The number of hydrogen-bond donors (Lipinski definition) is 2. The number of amides is 1. The largest absolute Gasteiger partial charge is 0.480 e. The molecule has 0 aliphatic carbocycles. The number of halogens is 2. The van der Waals surface area contributed by atoms with Gasteiger partial charge in [-0.15, -0.1) is 0 Å². The molecule has 0 unspecified atom stereocenters. The third-order valence-electron chi connectivity index (χ3n) is 2.34. The second kappa shape index (κ2) is 5.84. The van der Waals surface area contributed by atoms with E-state index in [0.717, 1.165) is 6.08 Å². The lowest BCUT2D eigenvalue weighted by Gasteiger charge is -2.19. The lowest BCUT2D eigenvalue weighted by atomic mass is 10.1. The van der Waals surface area contributed by atoms with Crippen molar-refractivity contribution < 1.29 is 19.1 Å². The summed E-state index contributed by atoms with van der Waals surface area (Å²) in [5, 5.41) is 11.1. The van der Waals surface area contributed by atoms with Crippen LogP contribution in [0.3, 0.4) is 0 Å². The fourth-order valence-corrected chi connectivity index (χ4v) is 1.38. The van der Waals surface area contributed by atoms with Gasteiger partial charge < -0.3 is 10.4 Å². The van der Waals surface area contributed by atoms with E-state index in [0.29, 0.717) is 5.56 Å². The lowest BCUT2D eigenvalue weighted by Crippen LogP contribution is -2.49. The van der Waals surface area contributed by atoms with Crippen LogP contribution in [0.15, 0.2) is 24.3 Å². The van der Waals surface area contributed by atoms with Gasteiger partial charge in [0, 0.05) is 6.08 Å². The SMILES string of the molecule is CC(C)(NC(=O)/C=C/c1ccc(F)c(Cl)c1)C(=O)O. The first-order valence-electron chi connectivity index (χ1n) is 5.41. The summed E-state index contributed by atoms with van der Waals surface area (Å²) < 4.78 is 12.9. The Labute approximate surface area is 114 Å². The Morgan fingerprint density at radius 3 is 2.58 bits per heavy atom. The van der Waals surface area contributed by atoms with Crippen molar-refractivity contribution in [1.82, 2.24) is 5.32 Å². The predicted molar refractivity (Wildman–Crippen MR) is 70.3 cm³/mol. The summed E-state index contributed by atoms with van der Waals surface area (Å²) in [5.74, 6) is -2.25. The normalized spacial score (nSPS) is 11.6. The molecule has 0 atom stereocenters. The number of carboxylic acid groups (broad SMARTS) is 1. The summed E-state index contributed by atoms with van der Waals surface area (Å²) in [6, 6.07) is 4.00. The molecule has 1 aromatic carbocycles. The van der Waals surface area contributed by atoms with E-state index in [2.05, 4.69) is 5.32 Å². The molecule has 0 aromatic heterocycles. The molecule has 1 amide bonds. The number of carbonyl (C=O) groups excluding carboxylic acids is 1. The molecule has 0 saturated heterocycles. The highest BCUT2D eigenvalue weighted by atomic mass is 35.5. The van der Waals surface area contributed by atoms with Crippen molar-refractivity contribution in [2.45, 2.75) is 19.4 Å². The van der Waals surface area contributed by atoms with Crippen molar-refractivity contribution in [2.75, 3.05) is 0 Å². The first-order chi connectivity index (χ1) is 8.72. The summed E-state index contributed by atoms with van der Waals surface area (Å²) in [6.07, 6.45) is 2.58. The van der Waals surface area contributed by atoms with Gasteiger partial charge in [0.1, 0.15) is 11.4 Å². The average molecular weight is 286 g/mol. The van der Waals surface area contributed by atoms with Crippen molar-refractivity contribution in [3.05, 3.63) is 40.7 Å². The number of carbonyl (C=O) groups is 2. The van der Waals surface area contributed by atoms with Gasteiger partial charge in [-0.05, 0) is 37.6 Å². The number of hydrogen-bond acceptors (Lipinski definition) is 2. The van der Waals surface area contributed by atoms with Gasteiger partial charge in [0.2, 0.25) is 5.91 Å². The van der Waals surface area contributed by atoms with Gasteiger partial charge in [0.15, 0.2) is 0 Å². The van der Waals surface area contributed by atoms with Gasteiger partial charge in [-0.3, -0.25) is 4.79 Å². The highest BCUT2D eigenvalue weighted by molar-refractivity contribution is 6.30. The molecule has 1 aromatic rings. The van der Waals surface area contributed by atoms with Gasteiger partial charge in [0.25, 0.3) is 0 Å². The molecule has 0 aliphatic rings. The van der Waals surface area contributed by atoms with Gasteiger partial charge in [0.05, 0.1) is 5.02 Å². The summed E-state index contributed by atoms with van der Waals surface area (Å²) in [5.41, 5.74) is -0.823. The van der Waals surface area contributed by atoms with E-state index in [1.54, 1.807) is 0 Å². The van der Waals surface area contributed by atoms with Crippen LogP contribution in [-0.2, 0) is 9.59 Å². The smallest absolute Gasteiger partial charge is 0.328 e. The van der Waals surface area contributed by atoms with Gasteiger partial charge in [-0.2, -0.15) is 0 Å². The number of rotatable bonds is 4. The van der Waals surface area contributed by atoms with Crippen molar-refractivity contribution in [3.8, 4) is 0 Å². The molecule has 0 aliphatic heterocycles. The Balaban J connectivity index is 2.74. The standard InChI is InChI=1S/C13H13ClFNO3/c1-13(2,12(18)19)16-11(17)6-4-8-3-5-10(15)9(14)7-8/h3-7H,1-2H3,(H,16,17)(H,18,19)/b6-4+. The maximum atomic E-state index is 12.9. The summed E-state index contributed by atoms with van der Waals surface area (Å²) in [7, 11) is 0. The topological polar surface area (TPSA) is 66.4 Å². The minimum atomic E-state index is -1.36. The molecule has 0 bridgehead atoms. The number of carboxylic acids is 1. The quantitative estimate of drug-likeness (QED) is 0.835. The lowest BCUT2D eigenvalue weighted by molar-refractivity contribution is -0.145. The molecule has 19 heavy (non-hydrogen) atoms. The molecule has 0 radical (unpaired) electrons. The molecule has 2 N–H and O–H groups in total. The van der Waals surface area contributed by atoms with Crippen LogP contribution in [0.4, 0.5) is 4.39 Å². The number of nitrogens with one attached hydrogen (secondary N) is 1. The highest BCUT2D eigenvalue weighted by Gasteiger charge is 2.27. The molecule has 0 spiro atoms. The van der Waals surface area contributed by atoms with Crippen LogP contribution in [0, 0.1) is 5.82 Å². The molecular weight excluding hydrogens is 273 g/mol. The van der Waals surface area contributed by atoms with Crippen LogP contribution in [0.1, 0.15) is 19.4 Å². The predicted octanol–water partition coefficient (Wildman–Crippen LogP) is 2.47. The first kappa shape index (κ1) is 15.2. The highest BCUT2D eigenvalue weighted by Crippen LogP contribution is 2.16. The van der Waals surface area contributed by atoms with Crippen molar-refractivity contribution in [1.29, 1.82) is 0 Å². The van der Waals surface area contributed by atoms with Crippen LogP contribution >= 0.6 is 11.6 Å². The van der Waals surface area contributed by atoms with Gasteiger partial charge in [-0.1, -0.05) is 17.7 Å². The van der Waals surface area contributed by atoms with Crippen LogP contribution in [-0.4, -0.2) is 22.5 Å². The van der Waals surface area contributed by atoms with Crippen LogP contribution in [0.5, 0.6) is 0 Å². The third kappa shape index (κ3) is 4.37. The second-order valence-electron chi connectivity index (χ2n) is 4.43. The molecule has 1 rings (SSSR count). The van der Waals surface area contributed by atoms with E-state index in [1.165, 1.54) is 38.1 Å². The Hall–Kier alpha value is -1.88. The molecule has 0 heterocycles. The van der Waals surface area contributed by atoms with Gasteiger partial charge in [-0.25, -0.2) is 9.18 Å². The first-order valence-corrected chi connectivity index (χ1v) is 5.79. The average Bonchev–Trinajstić information content (AvgIpc) is 2.30. The fraction of sp³-hybridized carbons (Fsp3) is 0.231. The summed E-state index contributed by atoms with van der Waals surface area (Å²) >= 11 is 5.59. The summed E-state index contributed by atoms with van der Waals surface area (Å²) in [6.45, 7) is 2.74. The molecule has 0 saturated carbocycles. The number of aliphatic carboxylic acids is 1. The Morgan fingerprint density at radius 2 is 2.05 bits per heavy atom. The minimum Gasteiger partial charge on any atom is -0.480 e. The van der Waals surface area contributed by atoms with Crippen molar-refractivity contribution >= 4 is 29.6 Å². The van der Waals surface area contributed by atoms with E-state index in [4.69, 9.17) is 16.7 Å². The zero-order valence-electron chi connectivity index (χ0n) is 10.4. The fourth-order valence-electron chi connectivity index (χ4n) is 1.19. The van der Waals surface area contributed by atoms with Crippen LogP contribution in [0.25, 0.3) is 6.08 Å². The van der Waals surface area contributed by atoms with E-state index >= 15 is 0 Å². The van der Waals surface area contributed by atoms with E-state index in [1.807, 2.05) is 0 Å². The maximum Gasteiger partial charge on any atom is 0.328 e. The van der Waals surface area contributed by atoms with E-state index in [-0.39, 0.29) is 5.02 Å². The molecular formula is C13H13ClFNO3. The van der Waals surface area contributed by atoms with Crippen molar-refractivity contribution in [3.63, 3.8) is 0 Å². The molecule has 6 heteroatoms. The summed E-state index contributed by atoms with van der Waals surface area (Å²) in [4.78, 5) is 22.3. The monoisotopic (exact) mass is 285 g/mol. The number of benzene rings is 1. The second-order valence-corrected chi connectivity index (χ2v) is 4.83. The molecule has 0 fully saturated rings. The van der Waals surface area contributed by atoms with Crippen LogP contribution < -0.4 is 5.32 Å². The Bertz CT molecular complexity index is 541.